The summed E-state index contributed by atoms with van der Waals surface area (Å²) >= 11 is 1.60. The fourth-order valence-corrected chi connectivity index (χ4v) is 2.46. The molecular formula is C14H15N3OS. The zero-order valence-electron chi connectivity index (χ0n) is 11.0. The van der Waals surface area contributed by atoms with Crippen LogP contribution in [0.5, 0.6) is 5.75 Å². The molecule has 0 aliphatic carbocycles. The number of hydrogen-bond donors (Lipinski definition) is 0. The average Bonchev–Trinajstić information content (AvgIpc) is 2.91. The molecule has 19 heavy (non-hydrogen) atoms. The first-order valence-electron chi connectivity index (χ1n) is 5.85. The molecule has 0 amide bonds. The van der Waals surface area contributed by atoms with Crippen molar-refractivity contribution in [3.63, 3.8) is 0 Å². The molecule has 0 atom stereocenters. The van der Waals surface area contributed by atoms with Gasteiger partial charge in [-0.05, 0) is 25.2 Å². The third kappa shape index (κ3) is 3.53. The summed E-state index contributed by atoms with van der Waals surface area (Å²) in [7, 11) is 3.67. The molecule has 0 bridgehead atoms. The number of ether oxygens (including phenoxy) is 1. The topological polar surface area (TPSA) is 49.1 Å². The van der Waals surface area contributed by atoms with E-state index in [0.717, 1.165) is 30.1 Å². The summed E-state index contributed by atoms with van der Waals surface area (Å²) in [6, 6.07) is 7.63. The minimum Gasteiger partial charge on any atom is -0.496 e. The number of benzene rings is 1. The Hall–Kier alpha value is -1.90. The van der Waals surface area contributed by atoms with Crippen LogP contribution in [0.4, 0.5) is 0 Å². The molecule has 0 saturated carbocycles. The molecule has 4 nitrogen and oxygen atoms in total. The maximum atomic E-state index is 8.95. The second-order valence-corrected chi connectivity index (χ2v) is 5.01. The van der Waals surface area contributed by atoms with Gasteiger partial charge in [0.2, 0.25) is 0 Å². The second kappa shape index (κ2) is 6.32. The van der Waals surface area contributed by atoms with Gasteiger partial charge in [0, 0.05) is 24.0 Å². The van der Waals surface area contributed by atoms with E-state index in [9.17, 15) is 0 Å². The zero-order valence-corrected chi connectivity index (χ0v) is 11.8. The van der Waals surface area contributed by atoms with Crippen LogP contribution >= 0.6 is 11.3 Å². The number of aromatic nitrogens is 1. The van der Waals surface area contributed by atoms with E-state index in [1.807, 2.05) is 30.1 Å². The molecule has 98 valence electrons. The van der Waals surface area contributed by atoms with Crippen LogP contribution in [0, 0.1) is 11.3 Å². The number of thiazole rings is 1. The van der Waals surface area contributed by atoms with E-state index < -0.39 is 0 Å². The fourth-order valence-electron chi connectivity index (χ4n) is 1.91. The van der Waals surface area contributed by atoms with Gasteiger partial charge in [-0.3, -0.25) is 4.90 Å². The highest BCUT2D eigenvalue weighted by atomic mass is 32.1. The maximum absolute atomic E-state index is 8.95. The maximum Gasteiger partial charge on any atom is 0.123 e. The Morgan fingerprint density at radius 3 is 2.89 bits per heavy atom. The number of methoxy groups -OCH3 is 1. The molecule has 2 rings (SSSR count). The molecule has 1 aromatic carbocycles. The predicted octanol–water partition coefficient (Wildman–Crippen LogP) is 2.66. The van der Waals surface area contributed by atoms with Crippen LogP contribution in [0.2, 0.25) is 0 Å². The molecule has 0 N–H and O–H groups in total. The van der Waals surface area contributed by atoms with Crippen molar-refractivity contribution >= 4 is 11.3 Å². The Balaban J connectivity index is 2.11. The van der Waals surface area contributed by atoms with Crippen LogP contribution in [0.15, 0.2) is 29.1 Å². The lowest BCUT2D eigenvalue weighted by Crippen LogP contribution is -2.18. The lowest BCUT2D eigenvalue weighted by molar-refractivity contribution is 0.307. The Labute approximate surface area is 116 Å². The molecule has 0 spiro atoms. The number of nitriles is 1. The molecule has 0 aliphatic rings. The number of rotatable bonds is 5. The first-order chi connectivity index (χ1) is 9.22. The second-order valence-electron chi connectivity index (χ2n) is 4.29. The van der Waals surface area contributed by atoms with E-state index in [0.29, 0.717) is 5.56 Å². The largest absolute Gasteiger partial charge is 0.496 e. The van der Waals surface area contributed by atoms with Crippen LogP contribution in [0.3, 0.4) is 0 Å². The van der Waals surface area contributed by atoms with Gasteiger partial charge in [-0.15, -0.1) is 11.3 Å². The van der Waals surface area contributed by atoms with Crippen LogP contribution in [0.25, 0.3) is 0 Å². The Bertz CT molecular complexity index is 575. The van der Waals surface area contributed by atoms with E-state index in [1.54, 1.807) is 24.5 Å². The van der Waals surface area contributed by atoms with Gasteiger partial charge < -0.3 is 4.74 Å². The third-order valence-electron chi connectivity index (χ3n) is 2.77. The van der Waals surface area contributed by atoms with E-state index in [2.05, 4.69) is 16.0 Å². The molecule has 1 heterocycles. The quantitative estimate of drug-likeness (QED) is 0.840. The van der Waals surface area contributed by atoms with Gasteiger partial charge in [0.05, 0.1) is 29.9 Å². The first kappa shape index (κ1) is 13.5. The molecular weight excluding hydrogens is 258 g/mol. The molecule has 2 aromatic rings. The smallest absolute Gasteiger partial charge is 0.123 e. The van der Waals surface area contributed by atoms with Crippen molar-refractivity contribution in [3.05, 3.63) is 45.9 Å². The molecule has 0 aliphatic heterocycles. The SMILES string of the molecule is COc1ccc(C#N)cc1CN(C)Cc1cscn1. The molecule has 0 fully saturated rings. The van der Waals surface area contributed by atoms with Gasteiger partial charge in [-0.2, -0.15) is 5.26 Å². The minimum atomic E-state index is 0.651. The monoisotopic (exact) mass is 273 g/mol. The van der Waals surface area contributed by atoms with Gasteiger partial charge in [0.15, 0.2) is 0 Å². The number of nitrogens with zero attached hydrogens (tertiary/aromatic N) is 3. The first-order valence-corrected chi connectivity index (χ1v) is 6.80. The van der Waals surface area contributed by atoms with Crippen LogP contribution in [-0.4, -0.2) is 24.0 Å². The van der Waals surface area contributed by atoms with Crippen molar-refractivity contribution in [2.45, 2.75) is 13.1 Å². The standard InChI is InChI=1S/C14H15N3OS/c1-17(8-13-9-19-10-16-13)7-12-5-11(6-15)3-4-14(12)18-2/h3-5,9-10H,7-8H2,1-2H3. The van der Waals surface area contributed by atoms with E-state index in [4.69, 9.17) is 10.00 Å². The highest BCUT2D eigenvalue weighted by Crippen LogP contribution is 2.21. The van der Waals surface area contributed by atoms with Crippen molar-refractivity contribution < 1.29 is 4.74 Å². The van der Waals surface area contributed by atoms with E-state index in [1.165, 1.54) is 0 Å². The van der Waals surface area contributed by atoms with Gasteiger partial charge in [0.25, 0.3) is 0 Å². The summed E-state index contributed by atoms with van der Waals surface area (Å²) in [6.45, 7) is 1.50. The van der Waals surface area contributed by atoms with Gasteiger partial charge in [0.1, 0.15) is 5.75 Å². The Morgan fingerprint density at radius 2 is 2.26 bits per heavy atom. The minimum absolute atomic E-state index is 0.651. The molecule has 1 aromatic heterocycles. The van der Waals surface area contributed by atoms with E-state index in [-0.39, 0.29) is 0 Å². The normalized spacial score (nSPS) is 10.4. The van der Waals surface area contributed by atoms with Crippen molar-refractivity contribution in [2.24, 2.45) is 0 Å². The van der Waals surface area contributed by atoms with Crippen molar-refractivity contribution in [1.29, 1.82) is 5.26 Å². The summed E-state index contributed by atoms with van der Waals surface area (Å²) in [5, 5.41) is 11.0. The highest BCUT2D eigenvalue weighted by molar-refractivity contribution is 7.07. The third-order valence-corrected chi connectivity index (χ3v) is 3.40. The summed E-state index contributed by atoms with van der Waals surface area (Å²) < 4.78 is 5.33. The van der Waals surface area contributed by atoms with Crippen molar-refractivity contribution in [2.75, 3.05) is 14.2 Å². The summed E-state index contributed by atoms with van der Waals surface area (Å²) in [4.78, 5) is 6.41. The highest BCUT2D eigenvalue weighted by Gasteiger charge is 2.09. The van der Waals surface area contributed by atoms with Crippen molar-refractivity contribution in [3.8, 4) is 11.8 Å². The number of hydrogen-bond acceptors (Lipinski definition) is 5. The van der Waals surface area contributed by atoms with Crippen LogP contribution < -0.4 is 4.74 Å². The lowest BCUT2D eigenvalue weighted by atomic mass is 10.1. The van der Waals surface area contributed by atoms with Gasteiger partial charge >= 0.3 is 0 Å². The van der Waals surface area contributed by atoms with Gasteiger partial charge in [-0.1, -0.05) is 0 Å². The predicted molar refractivity (Wildman–Crippen MR) is 75.0 cm³/mol. The fraction of sp³-hybridized carbons (Fsp3) is 0.286. The average molecular weight is 273 g/mol. The Morgan fingerprint density at radius 1 is 1.42 bits per heavy atom. The molecule has 0 saturated heterocycles. The molecule has 0 radical (unpaired) electrons. The lowest BCUT2D eigenvalue weighted by Gasteiger charge is -2.17. The van der Waals surface area contributed by atoms with Gasteiger partial charge in [-0.25, -0.2) is 4.98 Å². The van der Waals surface area contributed by atoms with Crippen molar-refractivity contribution in [1.82, 2.24) is 9.88 Å². The summed E-state index contributed by atoms with van der Waals surface area (Å²) in [5.41, 5.74) is 4.56. The van der Waals surface area contributed by atoms with Crippen LogP contribution in [-0.2, 0) is 13.1 Å². The van der Waals surface area contributed by atoms with Crippen LogP contribution in [0.1, 0.15) is 16.8 Å². The Kier molecular flexibility index (Phi) is 4.50. The summed E-state index contributed by atoms with van der Waals surface area (Å²) in [6.07, 6.45) is 0. The van der Waals surface area contributed by atoms with E-state index >= 15 is 0 Å². The molecule has 0 unspecified atom stereocenters. The zero-order chi connectivity index (χ0) is 13.7. The summed E-state index contributed by atoms with van der Waals surface area (Å²) in [5.74, 6) is 0.809. The molecule has 5 heteroatoms.